The van der Waals surface area contributed by atoms with E-state index in [1.54, 1.807) is 53.9 Å². The van der Waals surface area contributed by atoms with Crippen LogP contribution >= 0.6 is 22.9 Å². The lowest BCUT2D eigenvalue weighted by Gasteiger charge is -2.13. The zero-order chi connectivity index (χ0) is 22.0. The van der Waals surface area contributed by atoms with Crippen LogP contribution in [0.1, 0.15) is 11.1 Å². The Kier molecular flexibility index (Phi) is 6.01. The first-order valence-corrected chi connectivity index (χ1v) is 10.7. The highest BCUT2D eigenvalue weighted by molar-refractivity contribution is 7.17. The highest BCUT2D eigenvalue weighted by Gasteiger charge is 2.17. The molecule has 2 aromatic heterocycles. The van der Waals surface area contributed by atoms with Gasteiger partial charge in [0.15, 0.2) is 0 Å². The molecule has 6 nitrogen and oxygen atoms in total. The molecule has 0 aliphatic rings. The van der Waals surface area contributed by atoms with Crippen molar-refractivity contribution in [1.29, 1.82) is 0 Å². The number of rotatable bonds is 6. The van der Waals surface area contributed by atoms with Gasteiger partial charge < -0.3 is 5.32 Å². The van der Waals surface area contributed by atoms with Gasteiger partial charge in [-0.1, -0.05) is 48.0 Å². The molecule has 0 unspecified atom stereocenters. The molecule has 0 aliphatic heterocycles. The second-order valence-electron chi connectivity index (χ2n) is 6.85. The number of benzene rings is 2. The van der Waals surface area contributed by atoms with Crippen molar-refractivity contribution in [1.82, 2.24) is 14.5 Å². The summed E-state index contributed by atoms with van der Waals surface area (Å²) in [5.74, 6) is -0.958. The monoisotopic (exact) mass is 457 g/mol. The van der Waals surface area contributed by atoms with E-state index in [2.05, 4.69) is 5.32 Å². The lowest BCUT2D eigenvalue weighted by molar-refractivity contribution is -0.121. The fraction of sp³-hybridized carbons (Fsp3) is 0.136. The number of carbonyl (C=O) groups excluding carboxylic acids is 1. The number of aromatic nitrogens is 2. The topological polar surface area (TPSA) is 73.1 Å². The average molecular weight is 458 g/mol. The number of amides is 1. The van der Waals surface area contributed by atoms with Crippen LogP contribution in [-0.4, -0.2) is 15.0 Å². The Morgan fingerprint density at radius 3 is 2.45 bits per heavy atom. The minimum atomic E-state index is -0.674. The fourth-order valence-corrected chi connectivity index (χ4v) is 4.30. The highest BCUT2D eigenvalue weighted by atomic mass is 35.5. The Hall–Kier alpha value is -3.23. The molecule has 2 heterocycles. The summed E-state index contributed by atoms with van der Waals surface area (Å²) in [6.45, 7) is -0.342. The third-order valence-electron chi connectivity index (χ3n) is 4.86. The minimum absolute atomic E-state index is 0.0553. The van der Waals surface area contributed by atoms with E-state index >= 15 is 0 Å². The number of thiophene rings is 1. The standard InChI is InChI=1S/C22H17ClFN3O3S/c23-16-7-3-1-5-14(16)11-25-19(28)13-27-21(29)20-18(9-10-31-20)26(22(27)30)12-15-6-2-4-8-17(15)24/h1-10H,11-13H2,(H,25,28). The SMILES string of the molecule is O=C(Cn1c(=O)c2sccc2n(Cc2ccccc2F)c1=O)NCc1ccccc1Cl. The summed E-state index contributed by atoms with van der Waals surface area (Å²) in [6, 6.07) is 14.8. The summed E-state index contributed by atoms with van der Waals surface area (Å²) in [7, 11) is 0. The van der Waals surface area contributed by atoms with Crippen LogP contribution in [0.5, 0.6) is 0 Å². The van der Waals surface area contributed by atoms with Gasteiger partial charge in [-0.3, -0.25) is 14.2 Å². The van der Waals surface area contributed by atoms with Gasteiger partial charge in [-0.2, -0.15) is 0 Å². The van der Waals surface area contributed by atoms with Crippen molar-refractivity contribution in [3.05, 3.63) is 103 Å². The fourth-order valence-electron chi connectivity index (χ4n) is 3.26. The number of hydrogen-bond donors (Lipinski definition) is 1. The first kappa shape index (κ1) is 21.0. The van der Waals surface area contributed by atoms with Crippen molar-refractivity contribution in [2.45, 2.75) is 19.6 Å². The predicted octanol–water partition coefficient (Wildman–Crippen LogP) is 3.38. The maximum atomic E-state index is 14.2. The van der Waals surface area contributed by atoms with Crippen LogP contribution in [0.3, 0.4) is 0 Å². The van der Waals surface area contributed by atoms with Crippen molar-refractivity contribution < 1.29 is 9.18 Å². The lowest BCUT2D eigenvalue weighted by Crippen LogP contribution is -2.43. The molecule has 4 rings (SSSR count). The van der Waals surface area contributed by atoms with Gasteiger partial charge in [-0.15, -0.1) is 11.3 Å². The van der Waals surface area contributed by atoms with Crippen LogP contribution in [0.4, 0.5) is 4.39 Å². The zero-order valence-electron chi connectivity index (χ0n) is 16.2. The largest absolute Gasteiger partial charge is 0.350 e. The van der Waals surface area contributed by atoms with Gasteiger partial charge >= 0.3 is 5.69 Å². The third kappa shape index (κ3) is 4.30. The first-order valence-electron chi connectivity index (χ1n) is 9.40. The smallest absolute Gasteiger partial charge is 0.332 e. The van der Waals surface area contributed by atoms with Crippen molar-refractivity contribution in [3.63, 3.8) is 0 Å². The molecule has 4 aromatic rings. The first-order chi connectivity index (χ1) is 15.0. The lowest BCUT2D eigenvalue weighted by atomic mass is 10.2. The average Bonchev–Trinajstić information content (AvgIpc) is 3.25. The van der Waals surface area contributed by atoms with Crippen molar-refractivity contribution in [3.8, 4) is 0 Å². The maximum Gasteiger partial charge on any atom is 0.332 e. The third-order valence-corrected chi connectivity index (χ3v) is 6.12. The van der Waals surface area contributed by atoms with Gasteiger partial charge in [0, 0.05) is 17.1 Å². The van der Waals surface area contributed by atoms with Gasteiger partial charge in [0.2, 0.25) is 5.91 Å². The Morgan fingerprint density at radius 1 is 1.00 bits per heavy atom. The molecule has 0 atom stereocenters. The van der Waals surface area contributed by atoms with E-state index in [1.165, 1.54) is 22.0 Å². The number of halogens is 2. The summed E-state index contributed by atoms with van der Waals surface area (Å²) in [5.41, 5.74) is 0.219. The number of nitrogens with zero attached hydrogens (tertiary/aromatic N) is 2. The summed E-state index contributed by atoms with van der Waals surface area (Å²) in [5, 5.41) is 4.87. The van der Waals surface area contributed by atoms with Crippen LogP contribution in [0, 0.1) is 5.82 Å². The highest BCUT2D eigenvalue weighted by Crippen LogP contribution is 2.17. The molecule has 0 saturated heterocycles. The molecule has 9 heteroatoms. The molecule has 0 saturated carbocycles. The van der Waals surface area contributed by atoms with Crippen molar-refractivity contribution in [2.75, 3.05) is 0 Å². The van der Waals surface area contributed by atoms with Crippen LogP contribution in [-0.2, 0) is 24.4 Å². The van der Waals surface area contributed by atoms with Gasteiger partial charge in [-0.05, 0) is 29.1 Å². The molecule has 31 heavy (non-hydrogen) atoms. The molecule has 0 fully saturated rings. The maximum absolute atomic E-state index is 14.2. The van der Waals surface area contributed by atoms with Gasteiger partial charge in [0.1, 0.15) is 17.1 Å². The minimum Gasteiger partial charge on any atom is -0.350 e. The molecule has 1 amide bonds. The van der Waals surface area contributed by atoms with Crippen LogP contribution in [0.2, 0.25) is 5.02 Å². The Morgan fingerprint density at radius 2 is 1.71 bits per heavy atom. The Bertz CT molecular complexity index is 1390. The van der Waals surface area contributed by atoms with E-state index in [-0.39, 0.29) is 13.1 Å². The molecule has 2 aromatic carbocycles. The second-order valence-corrected chi connectivity index (χ2v) is 8.18. The molecular formula is C22H17ClFN3O3S. The molecule has 158 valence electrons. The van der Waals surface area contributed by atoms with Crippen LogP contribution in [0.15, 0.2) is 69.6 Å². The summed E-state index contributed by atoms with van der Waals surface area (Å²) in [6.07, 6.45) is 0. The molecule has 0 aliphatic carbocycles. The van der Waals surface area contributed by atoms with Gasteiger partial charge in [0.25, 0.3) is 5.56 Å². The van der Waals surface area contributed by atoms with E-state index < -0.39 is 29.5 Å². The number of hydrogen-bond acceptors (Lipinski definition) is 4. The Balaban J connectivity index is 1.66. The van der Waals surface area contributed by atoms with Crippen LogP contribution < -0.4 is 16.6 Å². The summed E-state index contributed by atoms with van der Waals surface area (Å²) >= 11 is 7.26. The zero-order valence-corrected chi connectivity index (χ0v) is 17.8. The summed E-state index contributed by atoms with van der Waals surface area (Å²) < 4.78 is 16.7. The normalized spacial score (nSPS) is 11.0. The number of fused-ring (bicyclic) bond motifs is 1. The van der Waals surface area contributed by atoms with E-state index in [1.807, 2.05) is 0 Å². The van der Waals surface area contributed by atoms with Gasteiger partial charge in [0.05, 0.1) is 12.1 Å². The molecule has 0 radical (unpaired) electrons. The van der Waals surface area contributed by atoms with E-state index in [0.29, 0.717) is 20.8 Å². The molecule has 0 spiro atoms. The van der Waals surface area contributed by atoms with E-state index in [4.69, 9.17) is 11.6 Å². The number of carbonyl (C=O) groups is 1. The predicted molar refractivity (Wildman–Crippen MR) is 119 cm³/mol. The Labute approximate surface area is 185 Å². The quantitative estimate of drug-likeness (QED) is 0.482. The van der Waals surface area contributed by atoms with E-state index in [9.17, 15) is 18.8 Å². The van der Waals surface area contributed by atoms with Crippen molar-refractivity contribution >= 4 is 39.1 Å². The summed E-state index contributed by atoms with van der Waals surface area (Å²) in [4.78, 5) is 38.4. The molecule has 0 bridgehead atoms. The van der Waals surface area contributed by atoms with Crippen molar-refractivity contribution in [2.24, 2.45) is 0 Å². The number of nitrogens with one attached hydrogen (secondary N) is 1. The molecular weight excluding hydrogens is 441 g/mol. The van der Waals surface area contributed by atoms with Gasteiger partial charge in [-0.25, -0.2) is 13.8 Å². The van der Waals surface area contributed by atoms with E-state index in [0.717, 1.165) is 10.1 Å². The second kappa shape index (κ2) is 8.87. The van der Waals surface area contributed by atoms with Crippen LogP contribution in [0.25, 0.3) is 10.2 Å². The molecule has 1 N–H and O–H groups in total.